The van der Waals surface area contributed by atoms with E-state index in [1.165, 1.54) is 10.7 Å². The van der Waals surface area contributed by atoms with Gasteiger partial charge in [-0.2, -0.15) is 4.31 Å². The van der Waals surface area contributed by atoms with Crippen LogP contribution in [0.5, 0.6) is 0 Å². The fourth-order valence-electron chi connectivity index (χ4n) is 4.40. The molecule has 174 valence electrons. The minimum Gasteiger partial charge on any atom is -0.340 e. The number of rotatable bonds is 8. The number of amides is 1. The Kier molecular flexibility index (Phi) is 8.50. The molecule has 1 N–H and O–H groups in total. The van der Waals surface area contributed by atoms with Gasteiger partial charge in [0.1, 0.15) is 0 Å². The molecule has 1 amide bonds. The van der Waals surface area contributed by atoms with Crippen molar-refractivity contribution in [3.05, 3.63) is 29.3 Å². The van der Waals surface area contributed by atoms with Gasteiger partial charge in [-0.15, -0.1) is 0 Å². The van der Waals surface area contributed by atoms with Gasteiger partial charge in [-0.1, -0.05) is 12.5 Å². The number of nitrogens with zero attached hydrogens (tertiary/aromatic N) is 3. The first-order valence-corrected chi connectivity index (χ1v) is 13.0. The van der Waals surface area contributed by atoms with Gasteiger partial charge in [0, 0.05) is 58.3 Å². The number of carbonyl (C=O) groups is 1. The molecule has 0 radical (unpaired) electrons. The molecule has 2 aliphatic heterocycles. The fourth-order valence-corrected chi connectivity index (χ4v) is 5.92. The molecule has 31 heavy (non-hydrogen) atoms. The van der Waals surface area contributed by atoms with Crippen molar-refractivity contribution in [3.8, 4) is 0 Å². The zero-order valence-electron chi connectivity index (χ0n) is 19.3. The van der Waals surface area contributed by atoms with Crippen LogP contribution in [0.25, 0.3) is 0 Å². The average molecular weight is 451 g/mol. The maximum Gasteiger partial charge on any atom is 0.243 e. The maximum absolute atomic E-state index is 13.5. The summed E-state index contributed by atoms with van der Waals surface area (Å²) < 4.78 is 28.5. The lowest BCUT2D eigenvalue weighted by molar-refractivity contribution is -0.131. The summed E-state index contributed by atoms with van der Waals surface area (Å²) in [6.07, 6.45) is 3.78. The number of likely N-dealkylation sites (tertiary alicyclic amines) is 1. The highest BCUT2D eigenvalue weighted by atomic mass is 32.2. The number of sulfonamides is 1. The molecule has 2 fully saturated rings. The predicted octanol–water partition coefficient (Wildman–Crippen LogP) is 1.99. The van der Waals surface area contributed by atoms with Crippen LogP contribution in [-0.2, 0) is 14.8 Å². The fraction of sp³-hybridized carbons (Fsp3) is 0.696. The zero-order chi connectivity index (χ0) is 22.4. The number of carbonyl (C=O) groups excluding carboxylic acids is 1. The van der Waals surface area contributed by atoms with Gasteiger partial charge in [-0.3, -0.25) is 9.69 Å². The highest BCUT2D eigenvalue weighted by Gasteiger charge is 2.28. The zero-order valence-corrected chi connectivity index (χ0v) is 20.1. The number of benzene rings is 1. The van der Waals surface area contributed by atoms with Crippen LogP contribution in [0.4, 0.5) is 0 Å². The molecule has 1 atom stereocenters. The van der Waals surface area contributed by atoms with Crippen LogP contribution < -0.4 is 5.32 Å². The summed E-state index contributed by atoms with van der Waals surface area (Å²) in [5.41, 5.74) is 2.03. The van der Waals surface area contributed by atoms with Gasteiger partial charge < -0.3 is 10.2 Å². The lowest BCUT2D eigenvalue weighted by Gasteiger charge is -2.35. The molecular weight excluding hydrogens is 412 g/mol. The molecule has 2 heterocycles. The molecule has 0 bridgehead atoms. The lowest BCUT2D eigenvalue weighted by Crippen LogP contribution is -2.48. The van der Waals surface area contributed by atoms with Crippen LogP contribution in [0, 0.1) is 13.8 Å². The second-order valence-electron chi connectivity index (χ2n) is 8.91. The average Bonchev–Trinajstić information content (AvgIpc) is 2.77. The topological polar surface area (TPSA) is 73.0 Å². The number of nitrogens with one attached hydrogen (secondary N) is 1. The van der Waals surface area contributed by atoms with Crippen molar-refractivity contribution in [3.63, 3.8) is 0 Å². The van der Waals surface area contributed by atoms with Crippen LogP contribution in [0.15, 0.2) is 23.1 Å². The van der Waals surface area contributed by atoms with E-state index in [-0.39, 0.29) is 18.9 Å². The molecule has 0 aliphatic carbocycles. The summed E-state index contributed by atoms with van der Waals surface area (Å²) >= 11 is 0. The number of hydrogen-bond acceptors (Lipinski definition) is 5. The van der Waals surface area contributed by atoms with E-state index in [1.54, 1.807) is 12.1 Å². The van der Waals surface area contributed by atoms with E-state index in [0.717, 1.165) is 43.6 Å². The Morgan fingerprint density at radius 1 is 1.10 bits per heavy atom. The van der Waals surface area contributed by atoms with Crippen molar-refractivity contribution in [1.82, 2.24) is 19.4 Å². The molecule has 0 saturated carbocycles. The summed E-state index contributed by atoms with van der Waals surface area (Å²) in [7, 11) is -3.66. The largest absolute Gasteiger partial charge is 0.340 e. The van der Waals surface area contributed by atoms with E-state index in [2.05, 4.69) is 17.1 Å². The van der Waals surface area contributed by atoms with Gasteiger partial charge in [0.25, 0.3) is 0 Å². The van der Waals surface area contributed by atoms with E-state index in [1.807, 2.05) is 24.8 Å². The molecule has 0 spiro atoms. The third-order valence-corrected chi connectivity index (χ3v) is 8.63. The highest BCUT2D eigenvalue weighted by Crippen LogP contribution is 2.21. The van der Waals surface area contributed by atoms with E-state index in [4.69, 9.17) is 0 Å². The van der Waals surface area contributed by atoms with E-state index in [0.29, 0.717) is 37.1 Å². The van der Waals surface area contributed by atoms with Gasteiger partial charge in [0.15, 0.2) is 0 Å². The molecule has 7 nitrogen and oxygen atoms in total. The van der Waals surface area contributed by atoms with Gasteiger partial charge in [0.05, 0.1) is 4.90 Å². The monoisotopic (exact) mass is 450 g/mol. The third-order valence-electron chi connectivity index (χ3n) is 6.74. The van der Waals surface area contributed by atoms with Crippen molar-refractivity contribution in [2.24, 2.45) is 0 Å². The van der Waals surface area contributed by atoms with Gasteiger partial charge in [-0.05, 0) is 63.4 Å². The SMILES string of the molecule is Cc1ccc(S(=O)(=O)N(CCC(=O)N2CCNCC2)CCN2CCCC[C@H]2C)cc1C. The maximum atomic E-state index is 13.5. The Labute approximate surface area is 187 Å². The van der Waals surface area contributed by atoms with Crippen molar-refractivity contribution in [2.75, 3.05) is 52.4 Å². The molecule has 8 heteroatoms. The standard InChI is InChI=1S/C23H38N4O3S/c1-19-7-8-22(18-20(19)2)31(29,30)27(17-16-25-12-5-4-6-21(25)3)13-9-23(28)26-14-10-24-11-15-26/h7-8,18,21,24H,4-6,9-17H2,1-3H3/t21-/m1/s1. The van der Waals surface area contributed by atoms with Crippen LogP contribution in [0.2, 0.25) is 0 Å². The van der Waals surface area contributed by atoms with Crippen molar-refractivity contribution < 1.29 is 13.2 Å². The second-order valence-corrected chi connectivity index (χ2v) is 10.8. The molecule has 0 unspecified atom stereocenters. The normalized spacial score (nSPS) is 20.9. The smallest absolute Gasteiger partial charge is 0.243 e. The van der Waals surface area contributed by atoms with Gasteiger partial charge in [-0.25, -0.2) is 8.42 Å². The van der Waals surface area contributed by atoms with Crippen molar-refractivity contribution in [2.45, 2.75) is 57.4 Å². The molecular formula is C23H38N4O3S. The molecule has 0 aromatic heterocycles. The minimum atomic E-state index is -3.66. The molecule has 3 rings (SSSR count). The molecule has 2 saturated heterocycles. The third kappa shape index (κ3) is 6.28. The minimum absolute atomic E-state index is 0.0353. The number of piperidine rings is 1. The predicted molar refractivity (Wildman–Crippen MR) is 124 cm³/mol. The van der Waals surface area contributed by atoms with E-state index >= 15 is 0 Å². The Hall–Kier alpha value is -1.48. The number of piperazine rings is 1. The quantitative estimate of drug-likeness (QED) is 0.656. The summed E-state index contributed by atoms with van der Waals surface area (Å²) in [4.78, 5) is 17.2. The van der Waals surface area contributed by atoms with Gasteiger partial charge in [0.2, 0.25) is 15.9 Å². The Balaban J connectivity index is 1.73. The first-order chi connectivity index (χ1) is 14.8. The summed E-state index contributed by atoms with van der Waals surface area (Å²) in [6.45, 7) is 11.4. The van der Waals surface area contributed by atoms with E-state index in [9.17, 15) is 13.2 Å². The van der Waals surface area contributed by atoms with Crippen molar-refractivity contribution in [1.29, 1.82) is 0 Å². The van der Waals surface area contributed by atoms with Gasteiger partial charge >= 0.3 is 0 Å². The Morgan fingerprint density at radius 2 is 1.84 bits per heavy atom. The van der Waals surface area contributed by atoms with Crippen LogP contribution in [0.3, 0.4) is 0 Å². The highest BCUT2D eigenvalue weighted by molar-refractivity contribution is 7.89. The first-order valence-electron chi connectivity index (χ1n) is 11.6. The molecule has 2 aliphatic rings. The Morgan fingerprint density at radius 3 is 2.52 bits per heavy atom. The second kappa shape index (κ2) is 10.9. The summed E-state index contributed by atoms with van der Waals surface area (Å²) in [5, 5.41) is 3.25. The first kappa shape index (κ1) is 24.2. The number of aryl methyl sites for hydroxylation is 2. The summed E-state index contributed by atoms with van der Waals surface area (Å²) in [6, 6.07) is 5.77. The number of hydrogen-bond donors (Lipinski definition) is 1. The van der Waals surface area contributed by atoms with Crippen molar-refractivity contribution >= 4 is 15.9 Å². The Bertz CT molecular complexity index is 852. The van der Waals surface area contributed by atoms with Crippen LogP contribution >= 0.6 is 0 Å². The van der Waals surface area contributed by atoms with Crippen LogP contribution in [0.1, 0.15) is 43.7 Å². The summed E-state index contributed by atoms with van der Waals surface area (Å²) in [5.74, 6) is 0.0353. The molecule has 1 aromatic carbocycles. The molecule has 1 aromatic rings. The lowest BCUT2D eigenvalue weighted by atomic mass is 10.0. The van der Waals surface area contributed by atoms with Crippen LogP contribution in [-0.4, -0.2) is 86.8 Å². The van der Waals surface area contributed by atoms with E-state index < -0.39 is 10.0 Å².